The van der Waals surface area contributed by atoms with E-state index in [0.29, 0.717) is 5.76 Å². The molecule has 6 nitrogen and oxygen atoms in total. The first-order valence-corrected chi connectivity index (χ1v) is 10.7. The molecule has 29 heavy (non-hydrogen) atoms. The number of para-hydroxylation sites is 1. The third-order valence-electron chi connectivity index (χ3n) is 5.05. The van der Waals surface area contributed by atoms with E-state index in [9.17, 15) is 12.8 Å². The molecule has 1 aromatic heterocycles. The fourth-order valence-corrected chi connectivity index (χ4v) is 4.88. The highest BCUT2D eigenvalue weighted by Gasteiger charge is 2.31. The van der Waals surface area contributed by atoms with E-state index < -0.39 is 15.8 Å². The normalized spacial score (nSPS) is 14.6. The van der Waals surface area contributed by atoms with Gasteiger partial charge in [-0.1, -0.05) is 18.2 Å². The molecule has 1 atom stereocenters. The summed E-state index contributed by atoms with van der Waals surface area (Å²) in [6, 6.07) is 14.7. The summed E-state index contributed by atoms with van der Waals surface area (Å²) in [7, 11) is -2.66. The number of rotatable bonds is 7. The topological polar surface area (TPSA) is 71.8 Å². The van der Waals surface area contributed by atoms with Crippen molar-refractivity contribution in [3.8, 4) is 5.75 Å². The summed E-state index contributed by atoms with van der Waals surface area (Å²) in [4.78, 5) is 1.89. The van der Waals surface area contributed by atoms with Gasteiger partial charge in [-0.15, -0.1) is 0 Å². The lowest BCUT2D eigenvalue weighted by atomic mass is 10.1. The first-order valence-electron chi connectivity index (χ1n) is 9.21. The number of benzene rings is 2. The third-order valence-corrected chi connectivity index (χ3v) is 6.50. The quantitative estimate of drug-likeness (QED) is 0.638. The fourth-order valence-electron chi connectivity index (χ4n) is 3.66. The molecule has 0 saturated carbocycles. The molecule has 1 aliphatic rings. The summed E-state index contributed by atoms with van der Waals surface area (Å²) in [5, 5.41) is 0. The van der Waals surface area contributed by atoms with Crippen molar-refractivity contribution in [2.45, 2.75) is 17.4 Å². The van der Waals surface area contributed by atoms with Crippen LogP contribution in [-0.2, 0) is 16.4 Å². The lowest BCUT2D eigenvalue weighted by Gasteiger charge is -2.29. The van der Waals surface area contributed by atoms with Gasteiger partial charge in [0.25, 0.3) is 0 Å². The molecule has 0 fully saturated rings. The van der Waals surface area contributed by atoms with Gasteiger partial charge in [-0.2, -0.15) is 0 Å². The molecule has 0 bridgehead atoms. The second-order valence-electron chi connectivity index (χ2n) is 6.75. The lowest BCUT2D eigenvalue weighted by molar-refractivity contribution is 0.400. The smallest absolute Gasteiger partial charge is 0.244 e. The fraction of sp³-hybridized carbons (Fsp3) is 0.238. The summed E-state index contributed by atoms with van der Waals surface area (Å²) in [6.45, 7) is 0.805. The maximum Gasteiger partial charge on any atom is 0.244 e. The third kappa shape index (κ3) is 3.86. The predicted molar refractivity (Wildman–Crippen MR) is 107 cm³/mol. The van der Waals surface area contributed by atoms with Crippen LogP contribution in [0.2, 0.25) is 0 Å². The number of sulfonamides is 1. The molecule has 2 heterocycles. The summed E-state index contributed by atoms with van der Waals surface area (Å²) in [6.07, 6.45) is 2.44. The van der Waals surface area contributed by atoms with Crippen molar-refractivity contribution in [1.82, 2.24) is 4.72 Å². The first kappa shape index (κ1) is 19.5. The van der Waals surface area contributed by atoms with E-state index in [4.69, 9.17) is 9.15 Å². The van der Waals surface area contributed by atoms with Crippen LogP contribution >= 0.6 is 0 Å². The number of hydrogen-bond donors (Lipinski definition) is 1. The van der Waals surface area contributed by atoms with Crippen molar-refractivity contribution < 1.29 is 22.0 Å². The van der Waals surface area contributed by atoms with E-state index in [1.165, 1.54) is 18.7 Å². The molecule has 0 amide bonds. The zero-order valence-electron chi connectivity index (χ0n) is 15.8. The number of methoxy groups -OCH3 is 1. The summed E-state index contributed by atoms with van der Waals surface area (Å²) in [5.41, 5.74) is 2.26. The molecular formula is C21H21FN2O4S. The van der Waals surface area contributed by atoms with E-state index in [1.807, 2.05) is 24.3 Å². The Kier molecular flexibility index (Phi) is 5.29. The van der Waals surface area contributed by atoms with Gasteiger partial charge in [0.2, 0.25) is 10.0 Å². The van der Waals surface area contributed by atoms with Crippen molar-refractivity contribution in [3.63, 3.8) is 0 Å². The molecule has 152 valence electrons. The maximum absolute atomic E-state index is 13.7. The molecule has 0 radical (unpaired) electrons. The second kappa shape index (κ2) is 7.88. The minimum atomic E-state index is -4.00. The average molecular weight is 416 g/mol. The molecule has 0 unspecified atom stereocenters. The van der Waals surface area contributed by atoms with Crippen LogP contribution in [0.5, 0.6) is 5.75 Å². The van der Waals surface area contributed by atoms with Gasteiger partial charge >= 0.3 is 0 Å². The van der Waals surface area contributed by atoms with E-state index in [-0.39, 0.29) is 23.2 Å². The molecule has 1 aliphatic heterocycles. The second-order valence-corrected chi connectivity index (χ2v) is 8.49. The monoisotopic (exact) mass is 416 g/mol. The van der Waals surface area contributed by atoms with Gasteiger partial charge in [-0.25, -0.2) is 17.5 Å². The SMILES string of the molecule is COc1ccc(F)cc1S(=O)(=O)NC[C@H](c1ccco1)N1CCc2ccccc21. The van der Waals surface area contributed by atoms with Gasteiger partial charge in [-0.3, -0.25) is 0 Å². The van der Waals surface area contributed by atoms with E-state index in [1.54, 1.807) is 12.3 Å². The highest BCUT2D eigenvalue weighted by Crippen LogP contribution is 2.35. The van der Waals surface area contributed by atoms with Gasteiger partial charge in [0.1, 0.15) is 28.3 Å². The number of furan rings is 1. The van der Waals surface area contributed by atoms with Crippen LogP contribution in [0.1, 0.15) is 17.4 Å². The highest BCUT2D eigenvalue weighted by atomic mass is 32.2. The van der Waals surface area contributed by atoms with Crippen molar-refractivity contribution in [2.24, 2.45) is 0 Å². The van der Waals surface area contributed by atoms with Gasteiger partial charge in [-0.05, 0) is 48.4 Å². The van der Waals surface area contributed by atoms with Gasteiger partial charge < -0.3 is 14.1 Å². The first-order chi connectivity index (χ1) is 14.0. The Labute approximate surface area is 169 Å². The Balaban J connectivity index is 1.63. The van der Waals surface area contributed by atoms with Gasteiger partial charge in [0.05, 0.1) is 13.4 Å². The molecule has 3 aromatic rings. The van der Waals surface area contributed by atoms with Gasteiger partial charge in [0, 0.05) is 18.8 Å². The summed E-state index contributed by atoms with van der Waals surface area (Å²) < 4.78 is 52.8. The highest BCUT2D eigenvalue weighted by molar-refractivity contribution is 7.89. The van der Waals surface area contributed by atoms with Crippen LogP contribution in [0, 0.1) is 5.82 Å². The van der Waals surface area contributed by atoms with Crippen molar-refractivity contribution >= 4 is 15.7 Å². The largest absolute Gasteiger partial charge is 0.495 e. The zero-order valence-corrected chi connectivity index (χ0v) is 16.7. The van der Waals surface area contributed by atoms with Crippen LogP contribution in [0.15, 0.2) is 70.2 Å². The maximum atomic E-state index is 13.7. The number of nitrogens with one attached hydrogen (secondary N) is 1. The standard InChI is InChI=1S/C21H21FN2O4S/c1-27-20-9-8-16(22)13-21(20)29(25,26)23-14-18(19-7-4-12-28-19)24-11-10-15-5-2-3-6-17(15)24/h2-9,12-13,18,23H,10-11,14H2,1H3/t18-/m1/s1. The number of hydrogen-bond acceptors (Lipinski definition) is 5. The molecule has 1 N–H and O–H groups in total. The predicted octanol–water partition coefficient (Wildman–Crippen LogP) is 3.51. The van der Waals surface area contributed by atoms with Crippen molar-refractivity contribution in [3.05, 3.63) is 78.0 Å². The van der Waals surface area contributed by atoms with Crippen LogP contribution in [0.4, 0.5) is 10.1 Å². The number of ether oxygens (including phenoxy) is 1. The summed E-state index contributed by atoms with van der Waals surface area (Å²) >= 11 is 0. The summed E-state index contributed by atoms with van der Waals surface area (Å²) in [5.74, 6) is 0.0813. The molecule has 4 rings (SSSR count). The van der Waals surface area contributed by atoms with E-state index >= 15 is 0 Å². The average Bonchev–Trinajstić information content (AvgIpc) is 3.39. The Morgan fingerprint density at radius 2 is 2.03 bits per heavy atom. The lowest BCUT2D eigenvalue weighted by Crippen LogP contribution is -2.37. The van der Waals surface area contributed by atoms with E-state index in [0.717, 1.165) is 30.8 Å². The van der Waals surface area contributed by atoms with Crippen LogP contribution in [0.3, 0.4) is 0 Å². The molecule has 2 aromatic carbocycles. The number of halogens is 1. The van der Waals surface area contributed by atoms with Crippen molar-refractivity contribution in [2.75, 3.05) is 25.1 Å². The minimum absolute atomic E-state index is 0.0594. The molecule has 0 saturated heterocycles. The molecule has 8 heteroatoms. The van der Waals surface area contributed by atoms with Crippen molar-refractivity contribution in [1.29, 1.82) is 0 Å². The van der Waals surface area contributed by atoms with Crippen LogP contribution in [-0.4, -0.2) is 28.6 Å². The Hall–Kier alpha value is -2.84. The molecule has 0 aliphatic carbocycles. The number of anilines is 1. The van der Waals surface area contributed by atoms with Crippen LogP contribution < -0.4 is 14.4 Å². The Bertz CT molecular complexity index is 1100. The van der Waals surface area contributed by atoms with Gasteiger partial charge in [0.15, 0.2) is 0 Å². The van der Waals surface area contributed by atoms with Crippen LogP contribution in [0.25, 0.3) is 0 Å². The molecule has 0 spiro atoms. The Morgan fingerprint density at radius 1 is 1.21 bits per heavy atom. The number of nitrogens with zero attached hydrogens (tertiary/aromatic N) is 1. The minimum Gasteiger partial charge on any atom is -0.495 e. The zero-order chi connectivity index (χ0) is 20.4. The number of fused-ring (bicyclic) bond motifs is 1. The molecular weight excluding hydrogens is 395 g/mol. The Morgan fingerprint density at radius 3 is 2.79 bits per heavy atom. The van der Waals surface area contributed by atoms with E-state index in [2.05, 4.69) is 15.7 Å².